The van der Waals surface area contributed by atoms with Gasteiger partial charge in [-0.2, -0.15) is 5.10 Å². The summed E-state index contributed by atoms with van der Waals surface area (Å²) in [5.41, 5.74) is 3.63. The Balaban J connectivity index is 2.58. The number of ether oxygens (including phenoxy) is 1. The number of rotatable bonds is 5. The number of carbonyl (C=O) groups is 1. The van der Waals surface area contributed by atoms with Crippen molar-refractivity contribution in [3.8, 4) is 0 Å². The fourth-order valence-electron chi connectivity index (χ4n) is 1.94. The molecule has 0 spiro atoms. The minimum absolute atomic E-state index is 0.155. The van der Waals surface area contributed by atoms with Crippen LogP contribution in [0.4, 0.5) is 0 Å². The van der Waals surface area contributed by atoms with Crippen molar-refractivity contribution in [2.75, 3.05) is 7.11 Å². The molecule has 0 atom stereocenters. The molecule has 0 aliphatic heterocycles. The maximum Gasteiger partial charge on any atom is 0.305 e. The number of hydrogen-bond donors (Lipinski definition) is 0. The SMILES string of the molecule is CCc1c(C)nn(CCCC(=O)OC)c1C. The average molecular weight is 224 g/mol. The molecule has 90 valence electrons. The van der Waals surface area contributed by atoms with E-state index in [-0.39, 0.29) is 5.97 Å². The van der Waals surface area contributed by atoms with E-state index in [4.69, 9.17) is 0 Å². The van der Waals surface area contributed by atoms with Crippen molar-refractivity contribution in [3.05, 3.63) is 17.0 Å². The van der Waals surface area contributed by atoms with Crippen molar-refractivity contribution < 1.29 is 9.53 Å². The zero-order chi connectivity index (χ0) is 12.1. The van der Waals surface area contributed by atoms with Gasteiger partial charge in [0, 0.05) is 18.7 Å². The monoisotopic (exact) mass is 224 g/mol. The van der Waals surface area contributed by atoms with Crippen molar-refractivity contribution in [1.29, 1.82) is 0 Å². The van der Waals surface area contributed by atoms with Crippen LogP contribution in [0.1, 0.15) is 36.7 Å². The van der Waals surface area contributed by atoms with E-state index in [0.717, 1.165) is 25.1 Å². The Morgan fingerprint density at radius 2 is 2.12 bits per heavy atom. The van der Waals surface area contributed by atoms with E-state index in [0.29, 0.717) is 6.42 Å². The van der Waals surface area contributed by atoms with Gasteiger partial charge in [0.1, 0.15) is 0 Å². The molecule has 1 aromatic rings. The van der Waals surface area contributed by atoms with Crippen molar-refractivity contribution in [3.63, 3.8) is 0 Å². The van der Waals surface area contributed by atoms with Crippen LogP contribution < -0.4 is 0 Å². The van der Waals surface area contributed by atoms with Gasteiger partial charge in [-0.25, -0.2) is 0 Å². The summed E-state index contributed by atoms with van der Waals surface area (Å²) in [6.07, 6.45) is 2.24. The van der Waals surface area contributed by atoms with Gasteiger partial charge in [0.25, 0.3) is 0 Å². The number of carbonyl (C=O) groups excluding carboxylic acids is 1. The molecule has 1 aromatic heterocycles. The Bertz CT molecular complexity index is 369. The highest BCUT2D eigenvalue weighted by molar-refractivity contribution is 5.68. The lowest BCUT2D eigenvalue weighted by Crippen LogP contribution is -2.06. The third kappa shape index (κ3) is 2.84. The van der Waals surface area contributed by atoms with Crippen LogP contribution in [0.3, 0.4) is 0 Å². The molecule has 4 heteroatoms. The van der Waals surface area contributed by atoms with Crippen LogP contribution in [0.2, 0.25) is 0 Å². The summed E-state index contributed by atoms with van der Waals surface area (Å²) in [5, 5.41) is 4.47. The van der Waals surface area contributed by atoms with E-state index in [2.05, 4.69) is 23.7 Å². The quantitative estimate of drug-likeness (QED) is 0.719. The van der Waals surface area contributed by atoms with Gasteiger partial charge in [-0.05, 0) is 32.3 Å². The molecule has 0 unspecified atom stereocenters. The van der Waals surface area contributed by atoms with E-state index in [9.17, 15) is 4.79 Å². The number of aryl methyl sites for hydroxylation is 2. The lowest BCUT2D eigenvalue weighted by Gasteiger charge is -2.04. The molecular weight excluding hydrogens is 204 g/mol. The van der Waals surface area contributed by atoms with E-state index in [1.165, 1.54) is 18.4 Å². The summed E-state index contributed by atoms with van der Waals surface area (Å²) in [6.45, 7) is 7.02. The normalized spacial score (nSPS) is 10.5. The van der Waals surface area contributed by atoms with Crippen LogP contribution in [0.15, 0.2) is 0 Å². The Morgan fingerprint density at radius 3 is 2.62 bits per heavy atom. The fraction of sp³-hybridized carbons (Fsp3) is 0.667. The van der Waals surface area contributed by atoms with Crippen molar-refractivity contribution in [2.45, 2.75) is 46.6 Å². The summed E-state index contributed by atoms with van der Waals surface area (Å²) >= 11 is 0. The molecule has 0 aromatic carbocycles. The smallest absolute Gasteiger partial charge is 0.305 e. The van der Waals surface area contributed by atoms with E-state index in [1.807, 2.05) is 11.6 Å². The lowest BCUT2D eigenvalue weighted by molar-refractivity contribution is -0.140. The predicted molar refractivity (Wildman–Crippen MR) is 62.3 cm³/mol. The molecule has 0 fully saturated rings. The van der Waals surface area contributed by atoms with Gasteiger partial charge < -0.3 is 4.74 Å². The second kappa shape index (κ2) is 5.68. The van der Waals surface area contributed by atoms with Gasteiger partial charge in [-0.3, -0.25) is 9.48 Å². The number of aromatic nitrogens is 2. The molecule has 0 N–H and O–H groups in total. The average Bonchev–Trinajstić information content (AvgIpc) is 2.53. The van der Waals surface area contributed by atoms with Crippen molar-refractivity contribution in [1.82, 2.24) is 9.78 Å². The standard InChI is InChI=1S/C12H20N2O2/c1-5-11-9(2)13-14(10(11)3)8-6-7-12(15)16-4/h5-8H2,1-4H3. The summed E-state index contributed by atoms with van der Waals surface area (Å²) < 4.78 is 6.58. The third-order valence-corrected chi connectivity index (χ3v) is 2.86. The molecule has 0 radical (unpaired) electrons. The molecule has 1 heterocycles. The summed E-state index contributed by atoms with van der Waals surface area (Å²) in [6, 6.07) is 0. The molecular formula is C12H20N2O2. The summed E-state index contributed by atoms with van der Waals surface area (Å²) in [4.78, 5) is 11.0. The molecule has 0 amide bonds. The van der Waals surface area contributed by atoms with Gasteiger partial charge >= 0.3 is 5.97 Å². The first-order chi connectivity index (χ1) is 7.60. The van der Waals surface area contributed by atoms with E-state index in [1.54, 1.807) is 0 Å². The number of nitrogens with zero attached hydrogens (tertiary/aromatic N) is 2. The highest BCUT2D eigenvalue weighted by Crippen LogP contribution is 2.14. The lowest BCUT2D eigenvalue weighted by atomic mass is 10.1. The first-order valence-electron chi connectivity index (χ1n) is 5.69. The summed E-state index contributed by atoms with van der Waals surface area (Å²) in [7, 11) is 1.42. The first kappa shape index (κ1) is 12.7. The molecule has 0 saturated heterocycles. The number of esters is 1. The van der Waals surface area contributed by atoms with Gasteiger partial charge in [0.2, 0.25) is 0 Å². The molecule has 1 rings (SSSR count). The first-order valence-corrected chi connectivity index (χ1v) is 5.69. The van der Waals surface area contributed by atoms with Gasteiger partial charge in [0.15, 0.2) is 0 Å². The number of hydrogen-bond acceptors (Lipinski definition) is 3. The van der Waals surface area contributed by atoms with Crippen LogP contribution >= 0.6 is 0 Å². The topological polar surface area (TPSA) is 44.1 Å². The fourth-order valence-corrected chi connectivity index (χ4v) is 1.94. The van der Waals surface area contributed by atoms with Crippen LogP contribution in [0, 0.1) is 13.8 Å². The van der Waals surface area contributed by atoms with Crippen molar-refractivity contribution in [2.24, 2.45) is 0 Å². The number of methoxy groups -OCH3 is 1. The Kier molecular flexibility index (Phi) is 4.52. The minimum atomic E-state index is -0.155. The molecule has 0 saturated carbocycles. The zero-order valence-electron chi connectivity index (χ0n) is 10.5. The Morgan fingerprint density at radius 1 is 1.44 bits per heavy atom. The molecule has 4 nitrogen and oxygen atoms in total. The van der Waals surface area contributed by atoms with Gasteiger partial charge in [0.05, 0.1) is 12.8 Å². The van der Waals surface area contributed by atoms with Crippen LogP contribution in [0.5, 0.6) is 0 Å². The highest BCUT2D eigenvalue weighted by atomic mass is 16.5. The van der Waals surface area contributed by atoms with Crippen LogP contribution in [-0.2, 0) is 22.5 Å². The maximum atomic E-state index is 11.0. The zero-order valence-corrected chi connectivity index (χ0v) is 10.5. The van der Waals surface area contributed by atoms with Crippen molar-refractivity contribution >= 4 is 5.97 Å². The van der Waals surface area contributed by atoms with E-state index < -0.39 is 0 Å². The second-order valence-electron chi connectivity index (χ2n) is 3.91. The second-order valence-corrected chi connectivity index (χ2v) is 3.91. The van der Waals surface area contributed by atoms with E-state index >= 15 is 0 Å². The largest absolute Gasteiger partial charge is 0.469 e. The molecule has 16 heavy (non-hydrogen) atoms. The molecule has 0 aliphatic rings. The Labute approximate surface area is 96.6 Å². The maximum absolute atomic E-state index is 11.0. The third-order valence-electron chi connectivity index (χ3n) is 2.86. The highest BCUT2D eigenvalue weighted by Gasteiger charge is 2.09. The molecule has 0 bridgehead atoms. The Hall–Kier alpha value is -1.32. The minimum Gasteiger partial charge on any atom is -0.469 e. The van der Waals surface area contributed by atoms with Gasteiger partial charge in [-0.1, -0.05) is 6.92 Å². The van der Waals surface area contributed by atoms with Gasteiger partial charge in [-0.15, -0.1) is 0 Å². The van der Waals surface area contributed by atoms with Crippen LogP contribution in [-0.4, -0.2) is 22.9 Å². The summed E-state index contributed by atoms with van der Waals surface area (Å²) in [5.74, 6) is -0.155. The van der Waals surface area contributed by atoms with Crippen LogP contribution in [0.25, 0.3) is 0 Å². The molecule has 0 aliphatic carbocycles. The predicted octanol–water partition coefficient (Wildman–Crippen LogP) is 2.02.